The average molecular weight is 226 g/mol. The molecule has 16 heavy (non-hydrogen) atoms. The fourth-order valence-electron chi connectivity index (χ4n) is 1.54. The van der Waals surface area contributed by atoms with Gasteiger partial charge in [-0.3, -0.25) is 4.79 Å². The highest BCUT2D eigenvalue weighted by atomic mass is 19.1. The minimum atomic E-state index is -0.777. The molecule has 86 valence electrons. The van der Waals surface area contributed by atoms with E-state index in [-0.39, 0.29) is 6.54 Å². The Morgan fingerprint density at radius 1 is 1.38 bits per heavy atom. The van der Waals surface area contributed by atoms with Gasteiger partial charge in [0.05, 0.1) is 5.41 Å². The quantitative estimate of drug-likeness (QED) is 0.823. The highest BCUT2D eigenvalue weighted by Gasteiger charge is 2.48. The fourth-order valence-corrected chi connectivity index (χ4v) is 1.54. The Morgan fingerprint density at radius 2 is 1.94 bits per heavy atom. The Hall–Kier alpha value is -1.49. The van der Waals surface area contributed by atoms with Crippen LogP contribution in [0.2, 0.25) is 0 Å². The number of carbonyl (C=O) groups excluding carboxylic acids is 1. The Morgan fingerprint density at radius 3 is 2.38 bits per heavy atom. The molecule has 1 aromatic carbocycles. The molecule has 0 radical (unpaired) electrons. The van der Waals surface area contributed by atoms with E-state index in [0.717, 1.165) is 12.1 Å². The summed E-state index contributed by atoms with van der Waals surface area (Å²) in [6.07, 6.45) is 1.34. The second-order valence-corrected chi connectivity index (χ2v) is 4.04. The number of carbonyl (C=O) groups is 1. The second-order valence-electron chi connectivity index (χ2n) is 4.04. The maximum Gasteiger partial charge on any atom is 0.232 e. The van der Waals surface area contributed by atoms with E-state index >= 15 is 0 Å². The summed E-state index contributed by atoms with van der Waals surface area (Å²) in [5, 5.41) is 2.26. The number of nitrogens with two attached hydrogens (primary N) is 1. The Bertz CT molecular complexity index is 410. The van der Waals surface area contributed by atoms with Gasteiger partial charge >= 0.3 is 0 Å². The number of amides is 1. The second kappa shape index (κ2) is 3.83. The summed E-state index contributed by atoms with van der Waals surface area (Å²) in [7, 11) is 0. The minimum absolute atomic E-state index is 0.203. The molecule has 1 saturated carbocycles. The molecular weight excluding hydrogens is 214 g/mol. The number of nitrogens with one attached hydrogen (secondary N) is 1. The van der Waals surface area contributed by atoms with Crippen LogP contribution in [0.3, 0.4) is 0 Å². The van der Waals surface area contributed by atoms with Gasteiger partial charge in [-0.05, 0) is 25.0 Å². The van der Waals surface area contributed by atoms with Gasteiger partial charge in [-0.25, -0.2) is 8.78 Å². The molecule has 5 heteroatoms. The van der Waals surface area contributed by atoms with Crippen LogP contribution in [0.15, 0.2) is 18.2 Å². The summed E-state index contributed by atoms with van der Waals surface area (Å²) in [6, 6.07) is 3.44. The zero-order chi connectivity index (χ0) is 11.8. The van der Waals surface area contributed by atoms with Crippen LogP contribution in [0.25, 0.3) is 0 Å². The van der Waals surface area contributed by atoms with Crippen molar-refractivity contribution in [3.8, 4) is 0 Å². The Balaban J connectivity index is 2.18. The first kappa shape index (κ1) is 11.0. The average Bonchev–Trinajstić information content (AvgIpc) is 3.04. The molecule has 0 aliphatic heterocycles. The molecule has 1 amide bonds. The van der Waals surface area contributed by atoms with Crippen molar-refractivity contribution in [2.45, 2.75) is 12.8 Å². The van der Waals surface area contributed by atoms with Crippen LogP contribution >= 0.6 is 0 Å². The van der Waals surface area contributed by atoms with Gasteiger partial charge in [-0.15, -0.1) is 0 Å². The van der Waals surface area contributed by atoms with Crippen LogP contribution < -0.4 is 11.1 Å². The topological polar surface area (TPSA) is 55.1 Å². The highest BCUT2D eigenvalue weighted by Crippen LogP contribution is 2.45. The number of benzene rings is 1. The third-order valence-corrected chi connectivity index (χ3v) is 2.93. The van der Waals surface area contributed by atoms with Crippen LogP contribution in [0.1, 0.15) is 12.8 Å². The van der Waals surface area contributed by atoms with Gasteiger partial charge in [-0.2, -0.15) is 0 Å². The van der Waals surface area contributed by atoms with Crippen LogP contribution in [-0.4, -0.2) is 12.5 Å². The third kappa shape index (κ3) is 1.78. The summed E-state index contributed by atoms with van der Waals surface area (Å²) >= 11 is 0. The molecule has 1 aliphatic rings. The molecule has 2 rings (SSSR count). The lowest BCUT2D eigenvalue weighted by atomic mass is 10.1. The number of hydrogen-bond acceptors (Lipinski definition) is 2. The standard InChI is InChI=1S/C11H12F2N2O/c12-7-2-1-3-8(13)9(7)15-10(16)11(6-14)4-5-11/h1-3H,4-6,14H2,(H,15,16). The molecule has 1 aliphatic carbocycles. The van der Waals surface area contributed by atoms with Gasteiger partial charge in [0.1, 0.15) is 17.3 Å². The zero-order valence-electron chi connectivity index (χ0n) is 8.59. The molecule has 0 spiro atoms. The SMILES string of the molecule is NCC1(C(=O)Nc2c(F)cccc2F)CC1. The van der Waals surface area contributed by atoms with Gasteiger partial charge < -0.3 is 11.1 Å². The predicted molar refractivity (Wildman–Crippen MR) is 55.7 cm³/mol. The van der Waals surface area contributed by atoms with E-state index in [1.807, 2.05) is 0 Å². The van der Waals surface area contributed by atoms with Gasteiger partial charge in [0.15, 0.2) is 0 Å². The van der Waals surface area contributed by atoms with E-state index in [2.05, 4.69) is 5.32 Å². The third-order valence-electron chi connectivity index (χ3n) is 2.93. The van der Waals surface area contributed by atoms with Crippen molar-refractivity contribution in [1.29, 1.82) is 0 Å². The fraction of sp³-hybridized carbons (Fsp3) is 0.364. The van der Waals surface area contributed by atoms with Crippen molar-refractivity contribution in [2.75, 3.05) is 11.9 Å². The van der Waals surface area contributed by atoms with E-state index in [0.29, 0.717) is 12.8 Å². The van der Waals surface area contributed by atoms with Gasteiger partial charge in [0.25, 0.3) is 0 Å². The summed E-state index contributed by atoms with van der Waals surface area (Å²) in [6.45, 7) is 0.203. The lowest BCUT2D eigenvalue weighted by Gasteiger charge is -2.13. The van der Waals surface area contributed by atoms with Crippen LogP contribution in [0, 0.1) is 17.0 Å². The normalized spacial score (nSPS) is 16.9. The molecule has 0 aromatic heterocycles. The van der Waals surface area contributed by atoms with Crippen LogP contribution in [0.5, 0.6) is 0 Å². The molecule has 0 heterocycles. The predicted octanol–water partition coefficient (Wildman–Crippen LogP) is 1.64. The summed E-state index contributed by atoms with van der Waals surface area (Å²) in [5.41, 5.74) is 4.44. The van der Waals surface area contributed by atoms with E-state index in [1.54, 1.807) is 0 Å². The van der Waals surface area contributed by atoms with Gasteiger partial charge in [0.2, 0.25) is 5.91 Å². The molecule has 3 nitrogen and oxygen atoms in total. The molecular formula is C11H12F2N2O. The lowest BCUT2D eigenvalue weighted by molar-refractivity contribution is -0.120. The van der Waals surface area contributed by atoms with Gasteiger partial charge in [0, 0.05) is 6.54 Å². The van der Waals surface area contributed by atoms with E-state index in [1.165, 1.54) is 6.07 Å². The Kier molecular flexibility index (Phi) is 2.63. The summed E-state index contributed by atoms with van der Waals surface area (Å²) < 4.78 is 26.5. The maximum absolute atomic E-state index is 13.2. The Labute approximate surface area is 91.6 Å². The smallest absolute Gasteiger partial charge is 0.232 e. The lowest BCUT2D eigenvalue weighted by Crippen LogP contribution is -2.31. The first-order valence-electron chi connectivity index (χ1n) is 5.05. The highest BCUT2D eigenvalue weighted by molar-refractivity contribution is 5.97. The van der Waals surface area contributed by atoms with Crippen molar-refractivity contribution in [3.63, 3.8) is 0 Å². The van der Waals surface area contributed by atoms with Crippen molar-refractivity contribution in [2.24, 2.45) is 11.1 Å². The van der Waals surface area contributed by atoms with Crippen LogP contribution in [0.4, 0.5) is 14.5 Å². The van der Waals surface area contributed by atoms with Crippen molar-refractivity contribution in [3.05, 3.63) is 29.8 Å². The first-order chi connectivity index (χ1) is 7.59. The van der Waals surface area contributed by atoms with Crippen molar-refractivity contribution >= 4 is 11.6 Å². The maximum atomic E-state index is 13.2. The summed E-state index contributed by atoms with van der Waals surface area (Å²) in [5.74, 6) is -1.96. The molecule has 1 fully saturated rings. The molecule has 0 bridgehead atoms. The van der Waals surface area contributed by atoms with E-state index < -0.39 is 28.6 Å². The zero-order valence-corrected chi connectivity index (χ0v) is 8.59. The molecule has 3 N–H and O–H groups in total. The molecule has 0 saturated heterocycles. The first-order valence-corrected chi connectivity index (χ1v) is 5.05. The number of anilines is 1. The molecule has 1 aromatic rings. The molecule has 0 atom stereocenters. The van der Waals surface area contributed by atoms with Crippen LogP contribution in [-0.2, 0) is 4.79 Å². The van der Waals surface area contributed by atoms with E-state index in [4.69, 9.17) is 5.73 Å². The van der Waals surface area contributed by atoms with E-state index in [9.17, 15) is 13.6 Å². The number of hydrogen-bond donors (Lipinski definition) is 2. The van der Waals surface area contributed by atoms with Crippen molar-refractivity contribution < 1.29 is 13.6 Å². The number of para-hydroxylation sites is 1. The van der Waals surface area contributed by atoms with Crippen molar-refractivity contribution in [1.82, 2.24) is 0 Å². The monoisotopic (exact) mass is 226 g/mol. The summed E-state index contributed by atoms with van der Waals surface area (Å²) in [4.78, 5) is 11.7. The largest absolute Gasteiger partial charge is 0.329 e. The van der Waals surface area contributed by atoms with Gasteiger partial charge in [-0.1, -0.05) is 6.07 Å². The number of rotatable bonds is 3. The number of halogens is 2. The minimum Gasteiger partial charge on any atom is -0.329 e. The molecule has 0 unspecified atom stereocenters.